The maximum Gasteiger partial charge on any atom is 0.254 e. The molecular formula is C16H19N5O. The first kappa shape index (κ1) is 14.3. The number of methoxy groups -OCH3 is 1. The molecule has 0 spiro atoms. The van der Waals surface area contributed by atoms with Gasteiger partial charge in [0.1, 0.15) is 17.9 Å². The molecule has 0 saturated heterocycles. The highest BCUT2D eigenvalue weighted by Crippen LogP contribution is 2.30. The summed E-state index contributed by atoms with van der Waals surface area (Å²) in [4.78, 5) is 8.71. The Morgan fingerprint density at radius 3 is 2.86 bits per heavy atom. The third-order valence-corrected chi connectivity index (χ3v) is 3.59. The molecule has 0 aliphatic rings. The highest BCUT2D eigenvalue weighted by atomic mass is 16.5. The largest absolute Gasteiger partial charge is 0.495 e. The number of aromatic nitrogens is 4. The van der Waals surface area contributed by atoms with Gasteiger partial charge in [0.2, 0.25) is 0 Å². The zero-order valence-corrected chi connectivity index (χ0v) is 13.0. The zero-order valence-electron chi connectivity index (χ0n) is 13.0. The Hall–Kier alpha value is -2.63. The minimum Gasteiger partial charge on any atom is -0.495 e. The number of rotatable bonds is 5. The number of aryl methyl sites for hydroxylation is 1. The molecule has 0 atom stereocenters. The second-order valence-electron chi connectivity index (χ2n) is 5.07. The van der Waals surface area contributed by atoms with E-state index >= 15 is 0 Å². The molecule has 3 rings (SSSR count). The predicted molar refractivity (Wildman–Crippen MR) is 85.8 cm³/mol. The van der Waals surface area contributed by atoms with E-state index in [9.17, 15) is 0 Å². The summed E-state index contributed by atoms with van der Waals surface area (Å²) in [6.45, 7) is 4.16. The van der Waals surface area contributed by atoms with Crippen LogP contribution in [0, 0.1) is 6.92 Å². The quantitative estimate of drug-likeness (QED) is 0.783. The molecule has 6 heteroatoms. The number of ether oxygens (including phenoxy) is 1. The summed E-state index contributed by atoms with van der Waals surface area (Å²) in [5.41, 5.74) is 3.01. The summed E-state index contributed by atoms with van der Waals surface area (Å²) in [6, 6.07) is 7.82. The molecule has 3 aromatic rings. The van der Waals surface area contributed by atoms with Gasteiger partial charge in [0.25, 0.3) is 5.78 Å². The molecule has 0 bridgehead atoms. The van der Waals surface area contributed by atoms with Gasteiger partial charge < -0.3 is 10.1 Å². The average molecular weight is 297 g/mol. The van der Waals surface area contributed by atoms with E-state index in [0.29, 0.717) is 5.78 Å². The Kier molecular flexibility index (Phi) is 3.91. The van der Waals surface area contributed by atoms with Crippen molar-refractivity contribution in [3.05, 3.63) is 41.9 Å². The van der Waals surface area contributed by atoms with E-state index in [2.05, 4.69) is 27.3 Å². The summed E-state index contributed by atoms with van der Waals surface area (Å²) in [5, 5.41) is 7.74. The van der Waals surface area contributed by atoms with Gasteiger partial charge in [-0.3, -0.25) is 0 Å². The van der Waals surface area contributed by atoms with Gasteiger partial charge in [0.05, 0.1) is 12.8 Å². The average Bonchev–Trinajstić information content (AvgIpc) is 2.99. The van der Waals surface area contributed by atoms with Gasteiger partial charge in [-0.1, -0.05) is 25.5 Å². The first-order valence-electron chi connectivity index (χ1n) is 7.33. The van der Waals surface area contributed by atoms with Crippen molar-refractivity contribution < 1.29 is 4.74 Å². The first-order valence-corrected chi connectivity index (χ1v) is 7.33. The van der Waals surface area contributed by atoms with Gasteiger partial charge >= 0.3 is 0 Å². The van der Waals surface area contributed by atoms with E-state index in [1.54, 1.807) is 11.6 Å². The number of para-hydroxylation sites is 2. The van der Waals surface area contributed by atoms with Gasteiger partial charge in [0, 0.05) is 11.3 Å². The molecule has 2 heterocycles. The minimum absolute atomic E-state index is 0.592. The molecule has 0 fully saturated rings. The van der Waals surface area contributed by atoms with Crippen molar-refractivity contribution in [2.45, 2.75) is 26.7 Å². The molecule has 0 saturated carbocycles. The van der Waals surface area contributed by atoms with Crippen LogP contribution in [0.4, 0.5) is 11.5 Å². The van der Waals surface area contributed by atoms with Crippen molar-refractivity contribution in [2.24, 2.45) is 0 Å². The Balaban J connectivity index is 2.15. The van der Waals surface area contributed by atoms with Gasteiger partial charge in [-0.2, -0.15) is 14.6 Å². The molecule has 0 amide bonds. The van der Waals surface area contributed by atoms with Crippen LogP contribution in [-0.4, -0.2) is 26.7 Å². The van der Waals surface area contributed by atoms with E-state index in [1.807, 2.05) is 31.2 Å². The van der Waals surface area contributed by atoms with Crippen LogP contribution < -0.4 is 10.1 Å². The zero-order chi connectivity index (χ0) is 15.5. The van der Waals surface area contributed by atoms with Gasteiger partial charge in [-0.15, -0.1) is 0 Å². The number of nitrogens with zero attached hydrogens (tertiary/aromatic N) is 4. The maximum atomic E-state index is 5.42. The van der Waals surface area contributed by atoms with Crippen molar-refractivity contribution >= 4 is 17.3 Å². The van der Waals surface area contributed by atoms with Gasteiger partial charge in [-0.05, 0) is 25.5 Å². The number of anilines is 2. The van der Waals surface area contributed by atoms with E-state index in [0.717, 1.165) is 41.4 Å². The van der Waals surface area contributed by atoms with Gasteiger partial charge in [0.15, 0.2) is 0 Å². The highest BCUT2D eigenvalue weighted by molar-refractivity contribution is 5.68. The van der Waals surface area contributed by atoms with Crippen molar-refractivity contribution in [1.29, 1.82) is 0 Å². The lowest BCUT2D eigenvalue weighted by molar-refractivity contribution is 0.417. The second kappa shape index (κ2) is 6.01. The molecule has 0 aliphatic heterocycles. The summed E-state index contributed by atoms with van der Waals surface area (Å²) in [7, 11) is 1.66. The predicted octanol–water partition coefficient (Wildman–Crippen LogP) is 3.14. The van der Waals surface area contributed by atoms with Crippen LogP contribution in [0.2, 0.25) is 0 Å². The minimum atomic E-state index is 0.592. The van der Waals surface area contributed by atoms with Crippen molar-refractivity contribution in [3.8, 4) is 5.75 Å². The van der Waals surface area contributed by atoms with Crippen LogP contribution in [0.5, 0.6) is 5.75 Å². The lowest BCUT2D eigenvalue weighted by Crippen LogP contribution is -2.09. The molecule has 1 N–H and O–H groups in total. The number of fused-ring (bicyclic) bond motifs is 1. The van der Waals surface area contributed by atoms with E-state index in [4.69, 9.17) is 4.74 Å². The van der Waals surface area contributed by atoms with Crippen molar-refractivity contribution in [2.75, 3.05) is 12.4 Å². The lowest BCUT2D eigenvalue weighted by atomic mass is 10.1. The third kappa shape index (κ3) is 2.47. The molecule has 1 aromatic carbocycles. The summed E-state index contributed by atoms with van der Waals surface area (Å²) in [6.07, 6.45) is 3.47. The molecule has 22 heavy (non-hydrogen) atoms. The summed E-state index contributed by atoms with van der Waals surface area (Å²) >= 11 is 0. The Morgan fingerprint density at radius 2 is 2.09 bits per heavy atom. The van der Waals surface area contributed by atoms with E-state index < -0.39 is 0 Å². The topological polar surface area (TPSA) is 64.3 Å². The van der Waals surface area contributed by atoms with Crippen molar-refractivity contribution in [1.82, 2.24) is 19.6 Å². The number of hydrogen-bond acceptors (Lipinski definition) is 5. The van der Waals surface area contributed by atoms with Crippen LogP contribution in [-0.2, 0) is 6.42 Å². The van der Waals surface area contributed by atoms with E-state index in [-0.39, 0.29) is 0 Å². The van der Waals surface area contributed by atoms with Crippen molar-refractivity contribution in [3.63, 3.8) is 0 Å². The second-order valence-corrected chi connectivity index (χ2v) is 5.07. The van der Waals surface area contributed by atoms with Crippen LogP contribution in [0.25, 0.3) is 5.78 Å². The fourth-order valence-corrected chi connectivity index (χ4v) is 2.54. The van der Waals surface area contributed by atoms with Crippen LogP contribution in [0.1, 0.15) is 24.6 Å². The first-order chi connectivity index (χ1) is 10.7. The monoisotopic (exact) mass is 297 g/mol. The Bertz CT molecular complexity index is 796. The Labute approximate surface area is 129 Å². The molecule has 0 aliphatic carbocycles. The summed E-state index contributed by atoms with van der Waals surface area (Å²) < 4.78 is 7.16. The maximum absolute atomic E-state index is 5.42. The molecule has 2 aromatic heterocycles. The normalized spacial score (nSPS) is 10.9. The molecule has 114 valence electrons. The molecule has 6 nitrogen and oxygen atoms in total. The number of nitrogens with one attached hydrogen (secondary N) is 1. The van der Waals surface area contributed by atoms with Crippen LogP contribution in [0.15, 0.2) is 30.6 Å². The fraction of sp³-hybridized carbons (Fsp3) is 0.312. The molecule has 0 unspecified atom stereocenters. The number of hydrogen-bond donors (Lipinski definition) is 1. The molecular weight excluding hydrogens is 278 g/mol. The van der Waals surface area contributed by atoms with Crippen LogP contribution >= 0.6 is 0 Å². The smallest absolute Gasteiger partial charge is 0.254 e. The van der Waals surface area contributed by atoms with E-state index in [1.165, 1.54) is 6.33 Å². The Morgan fingerprint density at radius 1 is 1.27 bits per heavy atom. The van der Waals surface area contributed by atoms with Gasteiger partial charge in [-0.25, -0.2) is 4.98 Å². The SMILES string of the molecule is CCCc1c(C)nc2ncnn2c1Nc1ccccc1OC. The lowest BCUT2D eigenvalue weighted by Gasteiger charge is -2.16. The fourth-order valence-electron chi connectivity index (χ4n) is 2.54. The highest BCUT2D eigenvalue weighted by Gasteiger charge is 2.15. The van der Waals surface area contributed by atoms with Crippen LogP contribution in [0.3, 0.4) is 0 Å². The number of benzene rings is 1. The standard InChI is InChI=1S/C16H19N5O/c1-4-7-12-11(2)19-16-17-10-18-21(16)15(12)20-13-8-5-6-9-14(13)22-3/h5-6,8-10,20H,4,7H2,1-3H3. The third-order valence-electron chi connectivity index (χ3n) is 3.59. The summed E-state index contributed by atoms with van der Waals surface area (Å²) in [5.74, 6) is 2.27. The molecule has 0 radical (unpaired) electrons.